The van der Waals surface area contributed by atoms with Gasteiger partial charge in [0.05, 0.1) is 7.11 Å². The summed E-state index contributed by atoms with van der Waals surface area (Å²) in [6, 6.07) is 8.09. The van der Waals surface area contributed by atoms with Gasteiger partial charge in [0, 0.05) is 23.7 Å². The number of hydrogen-bond donors (Lipinski definition) is 2. The van der Waals surface area contributed by atoms with Crippen LogP contribution in [0.4, 0.5) is 8.78 Å². The summed E-state index contributed by atoms with van der Waals surface area (Å²) in [4.78, 5) is 0. The lowest BCUT2D eigenvalue weighted by atomic mass is 10.1. The Morgan fingerprint density at radius 3 is 2.71 bits per heavy atom. The van der Waals surface area contributed by atoms with Crippen molar-refractivity contribution in [2.45, 2.75) is 19.5 Å². The van der Waals surface area contributed by atoms with Gasteiger partial charge < -0.3 is 15.2 Å². The third-order valence-corrected chi connectivity index (χ3v) is 3.33. The molecule has 1 unspecified atom stereocenters. The molecule has 0 saturated carbocycles. The van der Waals surface area contributed by atoms with E-state index in [-0.39, 0.29) is 11.3 Å². The Bertz CT molecular complexity index is 632. The second-order valence-corrected chi connectivity index (χ2v) is 4.74. The minimum atomic E-state index is -0.482. The number of halogens is 2. The minimum absolute atomic E-state index is 0.0411. The van der Waals surface area contributed by atoms with Crippen LogP contribution in [-0.4, -0.2) is 12.2 Å². The summed E-state index contributed by atoms with van der Waals surface area (Å²) < 4.78 is 31.9. The van der Waals surface area contributed by atoms with E-state index in [1.165, 1.54) is 13.2 Å². The molecule has 0 bridgehead atoms. The summed E-state index contributed by atoms with van der Waals surface area (Å²) in [5, 5.41) is 13.0. The van der Waals surface area contributed by atoms with Crippen LogP contribution in [0, 0.1) is 11.6 Å². The predicted molar refractivity (Wildman–Crippen MR) is 76.3 cm³/mol. The molecule has 0 spiro atoms. The van der Waals surface area contributed by atoms with Crippen LogP contribution in [0.3, 0.4) is 0 Å². The van der Waals surface area contributed by atoms with Crippen LogP contribution in [0.1, 0.15) is 24.1 Å². The van der Waals surface area contributed by atoms with Gasteiger partial charge in [0.1, 0.15) is 11.6 Å². The lowest BCUT2D eigenvalue weighted by molar-refractivity contribution is 0.369. The molecular weight excluding hydrogens is 276 g/mol. The highest BCUT2D eigenvalue weighted by atomic mass is 19.1. The van der Waals surface area contributed by atoms with Gasteiger partial charge in [-0.15, -0.1) is 0 Å². The topological polar surface area (TPSA) is 41.5 Å². The number of para-hydroxylation sites is 1. The average molecular weight is 293 g/mol. The molecule has 3 nitrogen and oxygen atoms in total. The van der Waals surface area contributed by atoms with Crippen LogP contribution in [0.25, 0.3) is 0 Å². The summed E-state index contributed by atoms with van der Waals surface area (Å²) in [6.07, 6.45) is 0. The number of hydrogen-bond acceptors (Lipinski definition) is 3. The average Bonchev–Trinajstić information content (AvgIpc) is 2.48. The van der Waals surface area contributed by atoms with E-state index < -0.39 is 17.7 Å². The highest BCUT2D eigenvalue weighted by molar-refractivity contribution is 5.45. The highest BCUT2D eigenvalue weighted by Gasteiger charge is 2.13. The molecule has 0 aromatic heterocycles. The normalized spacial score (nSPS) is 12.2. The van der Waals surface area contributed by atoms with Gasteiger partial charge in [-0.3, -0.25) is 0 Å². The number of phenolic OH excluding ortho intramolecular Hbond substituents is 1. The molecule has 0 heterocycles. The Balaban J connectivity index is 2.11. The van der Waals surface area contributed by atoms with Crippen LogP contribution in [-0.2, 0) is 6.54 Å². The van der Waals surface area contributed by atoms with Gasteiger partial charge in [-0.2, -0.15) is 0 Å². The number of phenols is 1. The molecule has 1 atom stereocenters. The molecule has 2 rings (SSSR count). The predicted octanol–water partition coefficient (Wildman–Crippen LogP) is 3.53. The molecule has 5 heteroatoms. The first-order chi connectivity index (χ1) is 10.0. The molecule has 0 fully saturated rings. The molecule has 0 aliphatic rings. The summed E-state index contributed by atoms with van der Waals surface area (Å²) in [5.74, 6) is -0.533. The molecular formula is C16H17F2NO2. The van der Waals surface area contributed by atoms with E-state index in [0.717, 1.165) is 12.1 Å². The molecule has 2 aromatic rings. The van der Waals surface area contributed by atoms with Gasteiger partial charge in [0.25, 0.3) is 0 Å². The van der Waals surface area contributed by atoms with Gasteiger partial charge in [-0.1, -0.05) is 12.1 Å². The van der Waals surface area contributed by atoms with Gasteiger partial charge >= 0.3 is 0 Å². The lowest BCUT2D eigenvalue weighted by Crippen LogP contribution is -2.19. The standard InChI is InChI=1S/C16H17F2NO2/c1-10(13-8-12(17)6-7-14(13)18)19-9-11-4-3-5-15(21-2)16(11)20/h3-8,10,19-20H,9H2,1-2H3. The molecule has 2 aromatic carbocycles. The molecule has 0 saturated heterocycles. The third kappa shape index (κ3) is 3.49. The van der Waals surface area contributed by atoms with Crippen molar-refractivity contribution >= 4 is 0 Å². The Labute approximate surface area is 122 Å². The van der Waals surface area contributed by atoms with Gasteiger partial charge in [-0.25, -0.2) is 8.78 Å². The van der Waals surface area contributed by atoms with E-state index in [1.807, 2.05) is 0 Å². The Morgan fingerprint density at radius 2 is 2.00 bits per heavy atom. The molecule has 21 heavy (non-hydrogen) atoms. The van der Waals surface area contributed by atoms with Crippen molar-refractivity contribution in [1.82, 2.24) is 5.32 Å². The lowest BCUT2D eigenvalue weighted by Gasteiger charge is -2.16. The van der Waals surface area contributed by atoms with Crippen molar-refractivity contribution in [3.63, 3.8) is 0 Å². The van der Waals surface area contributed by atoms with Crippen molar-refractivity contribution in [3.05, 3.63) is 59.2 Å². The monoisotopic (exact) mass is 293 g/mol. The zero-order valence-electron chi connectivity index (χ0n) is 11.9. The maximum absolute atomic E-state index is 13.7. The first-order valence-electron chi connectivity index (χ1n) is 6.56. The van der Waals surface area contributed by atoms with Crippen molar-refractivity contribution < 1.29 is 18.6 Å². The molecule has 2 N–H and O–H groups in total. The van der Waals surface area contributed by atoms with E-state index in [9.17, 15) is 13.9 Å². The van der Waals surface area contributed by atoms with Crippen LogP contribution >= 0.6 is 0 Å². The number of aromatic hydroxyl groups is 1. The fourth-order valence-corrected chi connectivity index (χ4v) is 2.09. The number of rotatable bonds is 5. The summed E-state index contributed by atoms with van der Waals surface area (Å²) in [5.41, 5.74) is 0.871. The van der Waals surface area contributed by atoms with E-state index >= 15 is 0 Å². The Kier molecular flexibility index (Phi) is 4.75. The Morgan fingerprint density at radius 1 is 1.24 bits per heavy atom. The number of ether oxygens (including phenoxy) is 1. The quantitative estimate of drug-likeness (QED) is 0.886. The third-order valence-electron chi connectivity index (χ3n) is 3.33. The first-order valence-corrected chi connectivity index (χ1v) is 6.56. The van der Waals surface area contributed by atoms with Crippen LogP contribution < -0.4 is 10.1 Å². The largest absolute Gasteiger partial charge is 0.504 e. The summed E-state index contributed by atoms with van der Waals surface area (Å²) in [7, 11) is 1.47. The minimum Gasteiger partial charge on any atom is -0.504 e. The summed E-state index contributed by atoms with van der Waals surface area (Å²) >= 11 is 0. The highest BCUT2D eigenvalue weighted by Crippen LogP contribution is 2.29. The van der Waals surface area contributed by atoms with Crippen LogP contribution in [0.2, 0.25) is 0 Å². The fraction of sp³-hybridized carbons (Fsp3) is 0.250. The van der Waals surface area contributed by atoms with E-state index in [0.29, 0.717) is 17.9 Å². The zero-order chi connectivity index (χ0) is 15.4. The van der Waals surface area contributed by atoms with Gasteiger partial charge in [-0.05, 0) is 31.2 Å². The molecule has 0 aliphatic heterocycles. The van der Waals surface area contributed by atoms with E-state index in [4.69, 9.17) is 4.74 Å². The van der Waals surface area contributed by atoms with Gasteiger partial charge in [0.2, 0.25) is 0 Å². The van der Waals surface area contributed by atoms with Crippen molar-refractivity contribution in [2.75, 3.05) is 7.11 Å². The SMILES string of the molecule is COc1cccc(CNC(C)c2cc(F)ccc2F)c1O. The van der Waals surface area contributed by atoms with Crippen LogP contribution in [0.5, 0.6) is 11.5 Å². The smallest absolute Gasteiger partial charge is 0.162 e. The van der Waals surface area contributed by atoms with Crippen LogP contribution in [0.15, 0.2) is 36.4 Å². The molecule has 112 valence electrons. The first kappa shape index (κ1) is 15.3. The molecule has 0 radical (unpaired) electrons. The van der Waals surface area contributed by atoms with Crippen molar-refractivity contribution in [3.8, 4) is 11.5 Å². The zero-order valence-corrected chi connectivity index (χ0v) is 11.9. The van der Waals surface area contributed by atoms with Crippen molar-refractivity contribution in [2.24, 2.45) is 0 Å². The second kappa shape index (κ2) is 6.54. The maximum Gasteiger partial charge on any atom is 0.162 e. The van der Waals surface area contributed by atoms with Crippen molar-refractivity contribution in [1.29, 1.82) is 0 Å². The number of benzene rings is 2. The number of methoxy groups -OCH3 is 1. The molecule has 0 aliphatic carbocycles. The fourth-order valence-electron chi connectivity index (χ4n) is 2.09. The number of nitrogens with one attached hydrogen (secondary N) is 1. The van der Waals surface area contributed by atoms with Gasteiger partial charge in [0.15, 0.2) is 11.5 Å². The second-order valence-electron chi connectivity index (χ2n) is 4.74. The molecule has 0 amide bonds. The maximum atomic E-state index is 13.7. The van der Waals surface area contributed by atoms with E-state index in [2.05, 4.69) is 5.32 Å². The van der Waals surface area contributed by atoms with E-state index in [1.54, 1.807) is 25.1 Å². The Hall–Kier alpha value is -2.14. The summed E-state index contributed by atoms with van der Waals surface area (Å²) in [6.45, 7) is 2.04.